The highest BCUT2D eigenvalue weighted by molar-refractivity contribution is 5.88. The zero-order valence-corrected chi connectivity index (χ0v) is 7.66. The quantitative estimate of drug-likeness (QED) is 0.439. The lowest BCUT2D eigenvalue weighted by atomic mass is 9.88. The Morgan fingerprint density at radius 1 is 1.46 bits per heavy atom. The summed E-state index contributed by atoms with van der Waals surface area (Å²) >= 11 is 0. The SMILES string of the molecule is C/C1=C/[C@@H]2C(=O)N[C@@H]2/C=C\C=C/C1. The molecule has 13 heavy (non-hydrogen) atoms. The Morgan fingerprint density at radius 3 is 3.08 bits per heavy atom. The number of nitrogens with one attached hydrogen (secondary N) is 1. The van der Waals surface area contributed by atoms with Crippen LogP contribution in [0.4, 0.5) is 0 Å². The van der Waals surface area contributed by atoms with Gasteiger partial charge in [-0.05, 0) is 13.3 Å². The molecule has 0 aromatic carbocycles. The maximum Gasteiger partial charge on any atom is 0.229 e. The third kappa shape index (κ3) is 1.57. The van der Waals surface area contributed by atoms with Gasteiger partial charge < -0.3 is 5.32 Å². The Labute approximate surface area is 78.0 Å². The molecule has 2 heteroatoms. The second-order valence-electron chi connectivity index (χ2n) is 3.59. The van der Waals surface area contributed by atoms with Crippen LogP contribution >= 0.6 is 0 Å². The maximum absolute atomic E-state index is 11.2. The fraction of sp³-hybridized carbons (Fsp3) is 0.364. The van der Waals surface area contributed by atoms with Crippen LogP contribution in [0, 0.1) is 5.92 Å². The summed E-state index contributed by atoms with van der Waals surface area (Å²) in [4.78, 5) is 11.2. The van der Waals surface area contributed by atoms with E-state index in [9.17, 15) is 4.79 Å². The van der Waals surface area contributed by atoms with Crippen molar-refractivity contribution in [3.63, 3.8) is 0 Å². The molecule has 1 saturated heterocycles. The fourth-order valence-corrected chi connectivity index (χ4v) is 1.66. The monoisotopic (exact) mass is 175 g/mol. The molecule has 0 aromatic heterocycles. The van der Waals surface area contributed by atoms with E-state index in [0.717, 1.165) is 6.42 Å². The van der Waals surface area contributed by atoms with Gasteiger partial charge in [0, 0.05) is 0 Å². The van der Waals surface area contributed by atoms with Gasteiger partial charge in [0.15, 0.2) is 0 Å². The van der Waals surface area contributed by atoms with Crippen molar-refractivity contribution >= 4 is 5.91 Å². The van der Waals surface area contributed by atoms with Gasteiger partial charge in [0.2, 0.25) is 5.91 Å². The van der Waals surface area contributed by atoms with Crippen molar-refractivity contribution in [1.29, 1.82) is 0 Å². The molecule has 0 radical (unpaired) electrons. The molecule has 1 fully saturated rings. The number of allylic oxidation sites excluding steroid dienone is 4. The molecule has 1 aliphatic heterocycles. The molecule has 1 amide bonds. The van der Waals surface area contributed by atoms with E-state index in [1.54, 1.807) is 0 Å². The summed E-state index contributed by atoms with van der Waals surface area (Å²) in [5.41, 5.74) is 1.27. The third-order valence-electron chi connectivity index (χ3n) is 2.47. The number of fused-ring (bicyclic) bond motifs is 1. The minimum Gasteiger partial charge on any atom is -0.348 e. The molecule has 0 aromatic rings. The van der Waals surface area contributed by atoms with Gasteiger partial charge in [-0.2, -0.15) is 0 Å². The smallest absolute Gasteiger partial charge is 0.229 e. The molecule has 68 valence electrons. The Balaban J connectivity index is 2.22. The Kier molecular flexibility index (Phi) is 2.05. The van der Waals surface area contributed by atoms with Gasteiger partial charge in [0.05, 0.1) is 12.0 Å². The van der Waals surface area contributed by atoms with Crippen molar-refractivity contribution in [3.8, 4) is 0 Å². The lowest BCUT2D eigenvalue weighted by Crippen LogP contribution is -2.56. The first-order chi connectivity index (χ1) is 6.27. The van der Waals surface area contributed by atoms with E-state index in [0.29, 0.717) is 0 Å². The standard InChI is InChI=1S/C11H13NO/c1-8-5-3-2-4-6-10-9(7-8)11(13)12-10/h2-4,6-7,9-10H,5H2,1H3,(H,12,13)/b3-2-,6-4-,8-7-/t9-,10+/m0/s1. The van der Waals surface area contributed by atoms with E-state index in [2.05, 4.69) is 24.4 Å². The van der Waals surface area contributed by atoms with E-state index >= 15 is 0 Å². The van der Waals surface area contributed by atoms with Crippen molar-refractivity contribution in [1.82, 2.24) is 5.32 Å². The van der Waals surface area contributed by atoms with Crippen LogP contribution in [0.15, 0.2) is 36.0 Å². The highest BCUT2D eigenvalue weighted by Gasteiger charge is 2.35. The Bertz CT molecular complexity index is 312. The molecule has 1 aliphatic carbocycles. The van der Waals surface area contributed by atoms with E-state index in [1.807, 2.05) is 18.2 Å². The van der Waals surface area contributed by atoms with Crippen molar-refractivity contribution in [2.24, 2.45) is 5.92 Å². The first kappa shape index (κ1) is 8.30. The number of carbonyl (C=O) groups is 1. The van der Waals surface area contributed by atoms with Crippen molar-refractivity contribution in [3.05, 3.63) is 36.0 Å². The highest BCUT2D eigenvalue weighted by atomic mass is 16.2. The molecule has 1 heterocycles. The average Bonchev–Trinajstić information content (AvgIpc) is 2.17. The van der Waals surface area contributed by atoms with Crippen LogP contribution in [0.1, 0.15) is 13.3 Å². The molecule has 2 nitrogen and oxygen atoms in total. The summed E-state index contributed by atoms with van der Waals surface area (Å²) in [5.74, 6) is 0.215. The largest absolute Gasteiger partial charge is 0.348 e. The normalized spacial score (nSPS) is 40.7. The summed E-state index contributed by atoms with van der Waals surface area (Å²) in [6.45, 7) is 2.07. The zero-order chi connectivity index (χ0) is 9.26. The van der Waals surface area contributed by atoms with Gasteiger partial charge in [-0.15, -0.1) is 0 Å². The van der Waals surface area contributed by atoms with Gasteiger partial charge >= 0.3 is 0 Å². The number of hydrogen-bond acceptors (Lipinski definition) is 1. The van der Waals surface area contributed by atoms with Gasteiger partial charge in [0.1, 0.15) is 0 Å². The number of hydrogen-bond donors (Lipinski definition) is 1. The van der Waals surface area contributed by atoms with E-state index < -0.39 is 0 Å². The third-order valence-corrected chi connectivity index (χ3v) is 2.47. The van der Waals surface area contributed by atoms with Crippen LogP contribution in [-0.2, 0) is 4.79 Å². The molecule has 2 atom stereocenters. The van der Waals surface area contributed by atoms with Gasteiger partial charge in [0.25, 0.3) is 0 Å². The van der Waals surface area contributed by atoms with Gasteiger partial charge in [-0.25, -0.2) is 0 Å². The number of β-lactam (4-membered cyclic amide) rings is 1. The molecule has 2 aliphatic rings. The van der Waals surface area contributed by atoms with Crippen LogP contribution in [0.2, 0.25) is 0 Å². The van der Waals surface area contributed by atoms with Crippen LogP contribution in [-0.4, -0.2) is 11.9 Å². The van der Waals surface area contributed by atoms with Gasteiger partial charge in [-0.1, -0.05) is 36.0 Å². The van der Waals surface area contributed by atoms with Crippen LogP contribution < -0.4 is 5.32 Å². The lowest BCUT2D eigenvalue weighted by molar-refractivity contribution is -0.131. The first-order valence-electron chi connectivity index (χ1n) is 4.58. The molecule has 0 spiro atoms. The molecule has 0 saturated carbocycles. The summed E-state index contributed by atoms with van der Waals surface area (Å²) < 4.78 is 0. The van der Waals surface area contributed by atoms with Crippen molar-refractivity contribution in [2.75, 3.05) is 0 Å². The van der Waals surface area contributed by atoms with Crippen molar-refractivity contribution < 1.29 is 4.79 Å². The minimum atomic E-state index is 0.0659. The number of rotatable bonds is 0. The molecule has 0 bridgehead atoms. The lowest BCUT2D eigenvalue weighted by Gasteiger charge is -2.32. The Hall–Kier alpha value is -1.31. The van der Waals surface area contributed by atoms with E-state index in [-0.39, 0.29) is 17.9 Å². The molecular formula is C11H13NO. The molecule has 1 N–H and O–H groups in total. The Morgan fingerprint density at radius 2 is 2.31 bits per heavy atom. The second kappa shape index (κ2) is 3.21. The summed E-state index contributed by atoms with van der Waals surface area (Å²) in [5, 5.41) is 2.86. The van der Waals surface area contributed by atoms with Crippen molar-refractivity contribution in [2.45, 2.75) is 19.4 Å². The molecule has 2 rings (SSSR count). The summed E-state index contributed by atoms with van der Waals surface area (Å²) in [7, 11) is 0. The number of carbonyl (C=O) groups excluding carboxylic acids is 1. The second-order valence-corrected chi connectivity index (χ2v) is 3.59. The molecule has 0 unspecified atom stereocenters. The number of amides is 1. The van der Waals surface area contributed by atoms with Crippen LogP contribution in [0.25, 0.3) is 0 Å². The zero-order valence-electron chi connectivity index (χ0n) is 7.66. The fourth-order valence-electron chi connectivity index (χ4n) is 1.66. The van der Waals surface area contributed by atoms with E-state index in [4.69, 9.17) is 0 Å². The first-order valence-corrected chi connectivity index (χ1v) is 4.58. The average molecular weight is 175 g/mol. The van der Waals surface area contributed by atoms with Crippen LogP contribution in [0.5, 0.6) is 0 Å². The molecular weight excluding hydrogens is 162 g/mol. The topological polar surface area (TPSA) is 29.1 Å². The van der Waals surface area contributed by atoms with Gasteiger partial charge in [-0.3, -0.25) is 4.79 Å². The predicted octanol–water partition coefficient (Wildman–Crippen LogP) is 1.56. The predicted molar refractivity (Wildman–Crippen MR) is 52.1 cm³/mol. The summed E-state index contributed by atoms with van der Waals surface area (Å²) in [6, 6.07) is 0.213. The van der Waals surface area contributed by atoms with E-state index in [1.165, 1.54) is 5.57 Å². The minimum absolute atomic E-state index is 0.0659. The highest BCUT2D eigenvalue weighted by Crippen LogP contribution is 2.21. The summed E-state index contributed by atoms with van der Waals surface area (Å²) in [6.07, 6.45) is 11.2. The van der Waals surface area contributed by atoms with Crippen LogP contribution in [0.3, 0.4) is 0 Å². The maximum atomic E-state index is 11.2.